The molecule has 0 fully saturated rings. The number of hydrogen-bond donors (Lipinski definition) is 8. The van der Waals surface area contributed by atoms with E-state index in [9.17, 15) is 40.9 Å². The fraction of sp³-hybridized carbons (Fsp3) is 0.200. The minimum Gasteiger partial charge on any atom is -0.507 e. The minimum atomic E-state index is -1.01. The predicted octanol–water partition coefficient (Wildman–Crippen LogP) is 3.39. The molecule has 8 N–H and O–H groups in total. The van der Waals surface area contributed by atoms with E-state index in [2.05, 4.69) is 0 Å². The average molecular weight is 388 g/mol. The van der Waals surface area contributed by atoms with Crippen molar-refractivity contribution in [3.05, 3.63) is 22.3 Å². The molecule has 0 aliphatic rings. The van der Waals surface area contributed by atoms with Crippen LogP contribution in [0.2, 0.25) is 0 Å². The van der Waals surface area contributed by atoms with Crippen LogP contribution in [0, 0.1) is 27.7 Å². The molecule has 3 rings (SSSR count). The van der Waals surface area contributed by atoms with Crippen LogP contribution in [0.3, 0.4) is 0 Å². The molecule has 0 aliphatic carbocycles. The van der Waals surface area contributed by atoms with Crippen LogP contribution in [0.1, 0.15) is 22.3 Å². The molecule has 3 aromatic rings. The molecule has 0 atom stereocenters. The topological polar surface area (TPSA) is 162 Å². The minimum absolute atomic E-state index is 0.0261. The van der Waals surface area contributed by atoms with Gasteiger partial charge in [0.05, 0.1) is 5.39 Å². The smallest absolute Gasteiger partial charge is 0.205 e. The zero-order valence-electron chi connectivity index (χ0n) is 15.6. The van der Waals surface area contributed by atoms with Gasteiger partial charge >= 0.3 is 0 Å². The highest BCUT2D eigenvalue weighted by Gasteiger charge is 2.30. The van der Waals surface area contributed by atoms with Gasteiger partial charge < -0.3 is 40.9 Å². The van der Waals surface area contributed by atoms with Crippen LogP contribution in [0.15, 0.2) is 0 Å². The van der Waals surface area contributed by atoms with E-state index >= 15 is 0 Å². The lowest BCUT2D eigenvalue weighted by Gasteiger charge is -2.22. The molecule has 0 bridgehead atoms. The van der Waals surface area contributed by atoms with Gasteiger partial charge in [-0.1, -0.05) is 0 Å². The highest BCUT2D eigenvalue weighted by Crippen LogP contribution is 2.58. The fourth-order valence-electron chi connectivity index (χ4n) is 3.48. The van der Waals surface area contributed by atoms with Crippen LogP contribution in [0.25, 0.3) is 21.9 Å². The van der Waals surface area contributed by atoms with Crippen molar-refractivity contribution in [1.29, 1.82) is 0 Å². The molecule has 8 heteroatoms. The molecule has 0 heterocycles. The predicted molar refractivity (Wildman–Crippen MR) is 102 cm³/mol. The van der Waals surface area contributed by atoms with E-state index in [-0.39, 0.29) is 33.0 Å². The van der Waals surface area contributed by atoms with Crippen LogP contribution < -0.4 is 0 Å². The summed E-state index contributed by atoms with van der Waals surface area (Å²) in [7, 11) is 0. The summed E-state index contributed by atoms with van der Waals surface area (Å²) in [6.07, 6.45) is 0. The first-order chi connectivity index (χ1) is 12.9. The Balaban J connectivity index is 2.73. The first kappa shape index (κ1) is 19.1. The maximum Gasteiger partial charge on any atom is 0.205 e. The SMILES string of the molecule is Cc1c(C)c(-c2c(C)c(C)c(O)c3c(O)c(O)c(O)c(O)c23)c(O)c(O)c1O. The molecule has 0 aromatic heterocycles. The van der Waals surface area contributed by atoms with Crippen molar-refractivity contribution in [2.24, 2.45) is 0 Å². The third-order valence-corrected chi connectivity index (χ3v) is 5.40. The van der Waals surface area contributed by atoms with E-state index in [0.717, 1.165) is 0 Å². The standard InChI is InChI=1S/C20H20O8/c1-5-7(3)13(21)12-11(16(24)19(27)20(28)17(12)25)9(5)10-6(2)8(4)14(22)18(26)15(10)23/h21-28H,1-4H3. The van der Waals surface area contributed by atoms with Gasteiger partial charge in [-0.25, -0.2) is 0 Å². The maximum absolute atomic E-state index is 10.5. The van der Waals surface area contributed by atoms with Gasteiger partial charge in [0.25, 0.3) is 0 Å². The molecule has 8 nitrogen and oxygen atoms in total. The lowest BCUT2D eigenvalue weighted by Crippen LogP contribution is -1.97. The quantitative estimate of drug-likeness (QED) is 0.232. The third-order valence-electron chi connectivity index (χ3n) is 5.40. The van der Waals surface area contributed by atoms with E-state index < -0.39 is 46.0 Å². The molecule has 0 radical (unpaired) electrons. The Hall–Kier alpha value is -3.68. The molecule has 148 valence electrons. The first-order valence-corrected chi connectivity index (χ1v) is 8.29. The Bertz CT molecular complexity index is 1140. The zero-order valence-corrected chi connectivity index (χ0v) is 15.6. The molecule has 28 heavy (non-hydrogen) atoms. The summed E-state index contributed by atoms with van der Waals surface area (Å²) < 4.78 is 0. The molecule has 0 unspecified atom stereocenters. The highest BCUT2D eigenvalue weighted by atomic mass is 16.3. The van der Waals surface area contributed by atoms with Gasteiger partial charge in [-0.05, 0) is 49.9 Å². The van der Waals surface area contributed by atoms with Gasteiger partial charge in [-0.2, -0.15) is 0 Å². The molecule has 0 saturated heterocycles. The maximum atomic E-state index is 10.5. The normalized spacial score (nSPS) is 11.3. The van der Waals surface area contributed by atoms with Crippen molar-refractivity contribution < 1.29 is 40.9 Å². The van der Waals surface area contributed by atoms with E-state index in [1.54, 1.807) is 13.8 Å². The van der Waals surface area contributed by atoms with Crippen LogP contribution in [0.4, 0.5) is 0 Å². The fourth-order valence-corrected chi connectivity index (χ4v) is 3.48. The lowest BCUT2D eigenvalue weighted by atomic mass is 9.85. The van der Waals surface area contributed by atoms with Crippen molar-refractivity contribution in [2.45, 2.75) is 27.7 Å². The second kappa shape index (κ2) is 5.91. The Morgan fingerprint density at radius 2 is 0.714 bits per heavy atom. The lowest BCUT2D eigenvalue weighted by molar-refractivity contribution is 0.350. The summed E-state index contributed by atoms with van der Waals surface area (Å²) in [6.45, 7) is 6.17. The van der Waals surface area contributed by atoms with Gasteiger partial charge in [0, 0.05) is 16.5 Å². The van der Waals surface area contributed by atoms with Gasteiger partial charge in [0.2, 0.25) is 17.2 Å². The number of hydrogen-bond acceptors (Lipinski definition) is 8. The van der Waals surface area contributed by atoms with Crippen molar-refractivity contribution in [3.63, 3.8) is 0 Å². The monoisotopic (exact) mass is 388 g/mol. The van der Waals surface area contributed by atoms with Gasteiger partial charge in [0.1, 0.15) is 5.75 Å². The summed E-state index contributed by atoms with van der Waals surface area (Å²) in [5, 5.41) is 81.2. The van der Waals surface area contributed by atoms with Gasteiger partial charge in [-0.3, -0.25) is 0 Å². The molecule has 0 spiro atoms. The number of rotatable bonds is 1. The Morgan fingerprint density at radius 1 is 0.321 bits per heavy atom. The van der Waals surface area contributed by atoms with E-state index in [1.807, 2.05) is 0 Å². The highest BCUT2D eigenvalue weighted by molar-refractivity contribution is 6.12. The van der Waals surface area contributed by atoms with Gasteiger partial charge in [0.15, 0.2) is 23.0 Å². The van der Waals surface area contributed by atoms with Crippen LogP contribution in [-0.2, 0) is 0 Å². The molecular formula is C20H20O8. The second-order valence-corrected chi connectivity index (χ2v) is 6.79. The van der Waals surface area contributed by atoms with E-state index in [1.165, 1.54) is 13.8 Å². The van der Waals surface area contributed by atoms with Crippen molar-refractivity contribution in [3.8, 4) is 57.1 Å². The Kier molecular flexibility index (Phi) is 4.03. The van der Waals surface area contributed by atoms with Crippen molar-refractivity contribution in [1.82, 2.24) is 0 Å². The molecule has 0 aliphatic heterocycles. The Labute approximate surface area is 159 Å². The average Bonchev–Trinajstić information content (AvgIpc) is 2.67. The summed E-state index contributed by atoms with van der Waals surface area (Å²) >= 11 is 0. The number of phenolic OH excluding ortho intramolecular Hbond substituents is 8. The summed E-state index contributed by atoms with van der Waals surface area (Å²) in [4.78, 5) is 0. The summed E-state index contributed by atoms with van der Waals surface area (Å²) in [5.74, 6) is -6.11. The van der Waals surface area contributed by atoms with Crippen LogP contribution in [0.5, 0.6) is 46.0 Å². The number of fused-ring (bicyclic) bond motifs is 1. The third kappa shape index (κ3) is 2.17. The number of phenols is 8. The largest absolute Gasteiger partial charge is 0.507 e. The molecule has 0 amide bonds. The second-order valence-electron chi connectivity index (χ2n) is 6.79. The van der Waals surface area contributed by atoms with Crippen molar-refractivity contribution >= 4 is 10.8 Å². The molecular weight excluding hydrogens is 368 g/mol. The molecule has 0 saturated carbocycles. The van der Waals surface area contributed by atoms with Gasteiger partial charge in [-0.15, -0.1) is 0 Å². The van der Waals surface area contributed by atoms with Crippen LogP contribution in [-0.4, -0.2) is 40.9 Å². The number of benzene rings is 3. The first-order valence-electron chi connectivity index (χ1n) is 8.29. The summed E-state index contributed by atoms with van der Waals surface area (Å²) in [5.41, 5.74) is 1.38. The van der Waals surface area contributed by atoms with E-state index in [0.29, 0.717) is 11.1 Å². The van der Waals surface area contributed by atoms with Crippen molar-refractivity contribution in [2.75, 3.05) is 0 Å². The zero-order chi connectivity index (χ0) is 21.2. The summed E-state index contributed by atoms with van der Waals surface area (Å²) in [6, 6.07) is 0. The van der Waals surface area contributed by atoms with Crippen LogP contribution >= 0.6 is 0 Å². The van der Waals surface area contributed by atoms with E-state index in [4.69, 9.17) is 0 Å². The Morgan fingerprint density at radius 3 is 1.25 bits per heavy atom. The number of aromatic hydroxyl groups is 8. The molecule has 3 aromatic carbocycles.